The van der Waals surface area contributed by atoms with Crippen LogP contribution in [0.3, 0.4) is 0 Å². The lowest BCUT2D eigenvalue weighted by Crippen LogP contribution is -2.27. The van der Waals surface area contributed by atoms with Gasteiger partial charge in [-0.3, -0.25) is 10.1 Å². The highest BCUT2D eigenvalue weighted by Crippen LogP contribution is 2.20. The molecular formula is C9H11FN2O3. The Morgan fingerprint density at radius 1 is 1.60 bits per heavy atom. The molecule has 1 rings (SSSR count). The van der Waals surface area contributed by atoms with Crippen LogP contribution < -0.4 is 5.73 Å². The first kappa shape index (κ1) is 11.5. The molecule has 0 spiro atoms. The molecule has 0 fully saturated rings. The van der Waals surface area contributed by atoms with Gasteiger partial charge < -0.3 is 10.8 Å². The summed E-state index contributed by atoms with van der Waals surface area (Å²) in [4.78, 5) is 9.98. The average Bonchev–Trinajstić information content (AvgIpc) is 2.17. The second kappa shape index (κ2) is 4.81. The molecule has 0 saturated carbocycles. The Bertz CT molecular complexity index is 370. The number of nitrogens with two attached hydrogens (primary N) is 1. The van der Waals surface area contributed by atoms with Gasteiger partial charge in [0.05, 0.1) is 11.5 Å². The quantitative estimate of drug-likeness (QED) is 0.567. The minimum Gasteiger partial charge on any atom is -0.395 e. The van der Waals surface area contributed by atoms with Crippen molar-refractivity contribution in [2.45, 2.75) is 12.5 Å². The molecule has 0 aliphatic heterocycles. The summed E-state index contributed by atoms with van der Waals surface area (Å²) >= 11 is 0. The molecule has 0 bridgehead atoms. The molecule has 1 atom stereocenters. The lowest BCUT2D eigenvalue weighted by molar-refractivity contribution is -0.385. The largest absolute Gasteiger partial charge is 0.395 e. The number of aliphatic hydroxyl groups excluding tert-OH is 1. The molecule has 1 unspecified atom stereocenters. The van der Waals surface area contributed by atoms with Gasteiger partial charge in [-0.2, -0.15) is 0 Å². The number of nitrogens with zero attached hydrogens (tertiary/aromatic N) is 1. The molecular weight excluding hydrogens is 203 g/mol. The SMILES string of the molecule is NC(CO)Cc1cc(F)ccc1[N+](=O)[O-]. The van der Waals surface area contributed by atoms with Gasteiger partial charge in [0.1, 0.15) is 5.82 Å². The molecule has 1 aromatic carbocycles. The van der Waals surface area contributed by atoms with Gasteiger partial charge in [-0.05, 0) is 18.6 Å². The fourth-order valence-corrected chi connectivity index (χ4v) is 1.24. The fraction of sp³-hybridized carbons (Fsp3) is 0.333. The third-order valence-corrected chi connectivity index (χ3v) is 1.95. The van der Waals surface area contributed by atoms with Gasteiger partial charge >= 0.3 is 0 Å². The van der Waals surface area contributed by atoms with Gasteiger partial charge in [0.25, 0.3) is 5.69 Å². The first-order valence-electron chi connectivity index (χ1n) is 4.34. The van der Waals surface area contributed by atoms with E-state index < -0.39 is 16.8 Å². The number of nitro benzene ring substituents is 1. The number of hydrogen-bond donors (Lipinski definition) is 2. The number of rotatable bonds is 4. The molecule has 0 radical (unpaired) electrons. The summed E-state index contributed by atoms with van der Waals surface area (Å²) in [6, 6.07) is 2.56. The van der Waals surface area contributed by atoms with Crippen LogP contribution in [0, 0.1) is 15.9 Å². The Balaban J connectivity index is 3.02. The van der Waals surface area contributed by atoms with Crippen molar-refractivity contribution in [3.8, 4) is 0 Å². The van der Waals surface area contributed by atoms with Gasteiger partial charge in [0.2, 0.25) is 0 Å². The second-order valence-electron chi connectivity index (χ2n) is 3.18. The maximum absolute atomic E-state index is 12.8. The van der Waals surface area contributed by atoms with E-state index in [1.165, 1.54) is 0 Å². The molecule has 0 amide bonds. The van der Waals surface area contributed by atoms with Crippen molar-refractivity contribution in [1.29, 1.82) is 0 Å². The molecule has 0 saturated heterocycles. The van der Waals surface area contributed by atoms with Crippen LogP contribution in [0.25, 0.3) is 0 Å². The lowest BCUT2D eigenvalue weighted by Gasteiger charge is -2.08. The first-order chi connectivity index (χ1) is 7.04. The Kier molecular flexibility index (Phi) is 3.70. The second-order valence-corrected chi connectivity index (χ2v) is 3.18. The van der Waals surface area contributed by atoms with Gasteiger partial charge in [-0.1, -0.05) is 0 Å². The van der Waals surface area contributed by atoms with Crippen LogP contribution in [0.4, 0.5) is 10.1 Å². The Hall–Kier alpha value is -1.53. The first-order valence-corrected chi connectivity index (χ1v) is 4.34. The van der Waals surface area contributed by atoms with Crippen molar-refractivity contribution in [2.24, 2.45) is 5.73 Å². The molecule has 3 N–H and O–H groups in total. The van der Waals surface area contributed by atoms with Crippen LogP contribution in [-0.2, 0) is 6.42 Å². The summed E-state index contributed by atoms with van der Waals surface area (Å²) < 4.78 is 12.8. The zero-order valence-corrected chi connectivity index (χ0v) is 7.89. The van der Waals surface area contributed by atoms with Gasteiger partial charge in [-0.15, -0.1) is 0 Å². The highest BCUT2D eigenvalue weighted by atomic mass is 19.1. The minimum atomic E-state index is -0.620. The van der Waals surface area contributed by atoms with Gasteiger partial charge in [0.15, 0.2) is 0 Å². The van der Waals surface area contributed by atoms with Crippen molar-refractivity contribution in [1.82, 2.24) is 0 Å². The van der Waals surface area contributed by atoms with E-state index in [2.05, 4.69) is 0 Å². The van der Waals surface area contributed by atoms with Crippen molar-refractivity contribution < 1.29 is 14.4 Å². The Morgan fingerprint density at radius 3 is 2.80 bits per heavy atom. The predicted molar refractivity (Wildman–Crippen MR) is 51.8 cm³/mol. The Morgan fingerprint density at radius 2 is 2.27 bits per heavy atom. The summed E-state index contributed by atoms with van der Waals surface area (Å²) in [7, 11) is 0. The van der Waals surface area contributed by atoms with E-state index in [0.717, 1.165) is 18.2 Å². The zero-order valence-electron chi connectivity index (χ0n) is 7.89. The average molecular weight is 214 g/mol. The number of nitro groups is 1. The van der Waals surface area contributed by atoms with E-state index in [9.17, 15) is 14.5 Å². The van der Waals surface area contributed by atoms with Crippen molar-refractivity contribution >= 4 is 5.69 Å². The molecule has 6 heteroatoms. The van der Waals surface area contributed by atoms with Gasteiger partial charge in [-0.25, -0.2) is 4.39 Å². The standard InChI is InChI=1S/C9H11FN2O3/c10-7-1-2-9(12(14)15)6(3-7)4-8(11)5-13/h1-3,8,13H,4-5,11H2. The topological polar surface area (TPSA) is 89.4 Å². The summed E-state index contributed by atoms with van der Waals surface area (Å²) in [5, 5.41) is 19.3. The van der Waals surface area contributed by atoms with Crippen LogP contribution >= 0.6 is 0 Å². The maximum Gasteiger partial charge on any atom is 0.272 e. The van der Waals surface area contributed by atoms with E-state index in [4.69, 9.17) is 10.8 Å². The fourth-order valence-electron chi connectivity index (χ4n) is 1.24. The van der Waals surface area contributed by atoms with Crippen LogP contribution in [0.2, 0.25) is 0 Å². The smallest absolute Gasteiger partial charge is 0.272 e. The number of hydrogen-bond acceptors (Lipinski definition) is 4. The Labute approximate surface area is 85.5 Å². The summed E-state index contributed by atoms with van der Waals surface area (Å²) in [6.45, 7) is -0.298. The molecule has 0 aliphatic carbocycles. The summed E-state index contributed by atoms with van der Waals surface area (Å²) in [6.07, 6.45) is 0.0740. The van der Waals surface area contributed by atoms with Crippen molar-refractivity contribution in [2.75, 3.05) is 6.61 Å². The molecule has 1 aromatic rings. The van der Waals surface area contributed by atoms with Crippen LogP contribution in [0.5, 0.6) is 0 Å². The number of aliphatic hydroxyl groups is 1. The predicted octanol–water partition coefficient (Wildman–Crippen LogP) is 0.596. The van der Waals surface area contributed by atoms with E-state index in [1.807, 2.05) is 0 Å². The number of benzene rings is 1. The normalized spacial score (nSPS) is 12.5. The van der Waals surface area contributed by atoms with E-state index in [1.54, 1.807) is 0 Å². The van der Waals surface area contributed by atoms with E-state index >= 15 is 0 Å². The summed E-state index contributed by atoms with van der Waals surface area (Å²) in [5.41, 5.74) is 5.44. The van der Waals surface area contributed by atoms with Crippen molar-refractivity contribution in [3.63, 3.8) is 0 Å². The molecule has 0 aliphatic rings. The third-order valence-electron chi connectivity index (χ3n) is 1.95. The number of halogens is 1. The van der Waals surface area contributed by atoms with E-state index in [0.29, 0.717) is 0 Å². The maximum atomic E-state index is 12.8. The molecule has 0 aromatic heterocycles. The summed E-state index contributed by atoms with van der Waals surface area (Å²) in [5.74, 6) is -0.555. The highest BCUT2D eigenvalue weighted by molar-refractivity contribution is 5.40. The van der Waals surface area contributed by atoms with Crippen molar-refractivity contribution in [3.05, 3.63) is 39.7 Å². The lowest BCUT2D eigenvalue weighted by atomic mass is 10.1. The van der Waals surface area contributed by atoms with Gasteiger partial charge in [0, 0.05) is 17.7 Å². The van der Waals surface area contributed by atoms with Crippen LogP contribution in [0.15, 0.2) is 18.2 Å². The van der Waals surface area contributed by atoms with E-state index in [-0.39, 0.29) is 24.3 Å². The minimum absolute atomic E-state index is 0.0740. The molecule has 0 heterocycles. The van der Waals surface area contributed by atoms with Crippen LogP contribution in [-0.4, -0.2) is 22.7 Å². The molecule has 82 valence electrons. The highest BCUT2D eigenvalue weighted by Gasteiger charge is 2.16. The van der Waals surface area contributed by atoms with Crippen LogP contribution in [0.1, 0.15) is 5.56 Å². The zero-order chi connectivity index (χ0) is 11.4. The molecule has 15 heavy (non-hydrogen) atoms. The molecule has 5 nitrogen and oxygen atoms in total. The monoisotopic (exact) mass is 214 g/mol. The third kappa shape index (κ3) is 2.97.